The van der Waals surface area contributed by atoms with Gasteiger partial charge in [0.1, 0.15) is 22.5 Å². The highest BCUT2D eigenvalue weighted by molar-refractivity contribution is 7.85. The molecule has 2 aromatic carbocycles. The highest BCUT2D eigenvalue weighted by atomic mass is 32.2. The largest absolute Gasteiger partial charge is 0.506 e. The van der Waals surface area contributed by atoms with Crippen LogP contribution in [0.3, 0.4) is 0 Å². The fourth-order valence-corrected chi connectivity index (χ4v) is 2.46. The van der Waals surface area contributed by atoms with Gasteiger partial charge in [-0.1, -0.05) is 6.07 Å². The summed E-state index contributed by atoms with van der Waals surface area (Å²) in [5.41, 5.74) is 2.05. The summed E-state index contributed by atoms with van der Waals surface area (Å²) in [6.07, 6.45) is 0. The number of phenolic OH excluding ortho intramolecular Hbond substituents is 1. The number of phenols is 1. The molecular formula is C13H11N3O4S. The van der Waals surface area contributed by atoms with E-state index in [0.717, 1.165) is 5.56 Å². The summed E-state index contributed by atoms with van der Waals surface area (Å²) in [5, 5.41) is 18.2. The smallest absolute Gasteiger partial charge is 0.294 e. The summed E-state index contributed by atoms with van der Waals surface area (Å²) in [4.78, 5) is 0.969. The number of hydrogen-bond donors (Lipinski definition) is 2. The van der Waals surface area contributed by atoms with Crippen LogP contribution in [0.5, 0.6) is 5.75 Å². The van der Waals surface area contributed by atoms with Crippen LogP contribution < -0.4 is 0 Å². The molecule has 0 aliphatic carbocycles. The molecule has 1 aromatic heterocycles. The van der Waals surface area contributed by atoms with E-state index in [2.05, 4.69) is 10.2 Å². The molecule has 0 saturated heterocycles. The van der Waals surface area contributed by atoms with Gasteiger partial charge in [0.25, 0.3) is 10.1 Å². The molecule has 0 fully saturated rings. The van der Waals surface area contributed by atoms with Crippen LogP contribution in [-0.4, -0.2) is 33.1 Å². The van der Waals surface area contributed by atoms with Gasteiger partial charge in [0.15, 0.2) is 0 Å². The second kappa shape index (κ2) is 4.54. The highest BCUT2D eigenvalue weighted by Gasteiger charge is 2.14. The molecule has 108 valence electrons. The lowest BCUT2D eigenvalue weighted by atomic mass is 10.2. The van der Waals surface area contributed by atoms with E-state index in [9.17, 15) is 13.5 Å². The Kier molecular flexibility index (Phi) is 2.92. The molecule has 0 spiro atoms. The van der Waals surface area contributed by atoms with Crippen molar-refractivity contribution in [2.75, 3.05) is 0 Å². The van der Waals surface area contributed by atoms with Gasteiger partial charge in [0.2, 0.25) is 0 Å². The Hall–Kier alpha value is -2.45. The number of fused-ring (bicyclic) bond motifs is 1. The summed E-state index contributed by atoms with van der Waals surface area (Å²) in [5.74, 6) is 0.0101. The zero-order chi connectivity index (χ0) is 15.2. The number of nitrogens with zero attached hydrogens (tertiary/aromatic N) is 3. The van der Waals surface area contributed by atoms with Gasteiger partial charge in [-0.3, -0.25) is 4.55 Å². The second-order valence-electron chi connectivity index (χ2n) is 4.61. The van der Waals surface area contributed by atoms with Crippen LogP contribution in [0, 0.1) is 6.92 Å². The third-order valence-corrected chi connectivity index (χ3v) is 3.85. The number of aromatic hydroxyl groups is 1. The van der Waals surface area contributed by atoms with Gasteiger partial charge in [-0.05, 0) is 42.8 Å². The van der Waals surface area contributed by atoms with E-state index in [1.54, 1.807) is 12.1 Å². The molecule has 1 heterocycles. The molecular weight excluding hydrogens is 294 g/mol. The summed E-state index contributed by atoms with van der Waals surface area (Å²) < 4.78 is 31.3. The molecule has 0 bridgehead atoms. The third kappa shape index (κ3) is 2.46. The number of hydrogen-bond acceptors (Lipinski definition) is 5. The predicted octanol–water partition coefficient (Wildman–Crippen LogP) is 1.68. The first-order valence-corrected chi connectivity index (χ1v) is 7.43. The standard InChI is InChI=1S/C13H11N3O4S/c1-8-2-5-13(17)12(6-8)16-14-10-4-3-9(21(18,19)20)7-11(10)15-16/h2-7,17H,1H3,(H,18,19,20). The SMILES string of the molecule is Cc1ccc(O)c(-n2nc3ccc(S(=O)(=O)O)cc3n2)c1. The van der Waals surface area contributed by atoms with Crippen molar-refractivity contribution < 1.29 is 18.1 Å². The normalized spacial score (nSPS) is 11.9. The van der Waals surface area contributed by atoms with Crippen LogP contribution in [0.1, 0.15) is 5.56 Å². The van der Waals surface area contributed by atoms with Gasteiger partial charge in [-0.15, -0.1) is 15.0 Å². The fourth-order valence-electron chi connectivity index (χ4n) is 1.96. The second-order valence-corrected chi connectivity index (χ2v) is 6.03. The molecule has 7 nitrogen and oxygen atoms in total. The first-order valence-electron chi connectivity index (χ1n) is 5.99. The van der Waals surface area contributed by atoms with E-state index in [1.807, 2.05) is 6.92 Å². The molecule has 0 unspecified atom stereocenters. The predicted molar refractivity (Wildman–Crippen MR) is 75.1 cm³/mol. The van der Waals surface area contributed by atoms with Crippen molar-refractivity contribution in [3.8, 4) is 11.4 Å². The Morgan fingerprint density at radius 1 is 1.05 bits per heavy atom. The first-order chi connectivity index (χ1) is 9.84. The number of aryl methyl sites for hydroxylation is 1. The molecule has 0 atom stereocenters. The lowest BCUT2D eigenvalue weighted by molar-refractivity contribution is 0.467. The zero-order valence-corrected chi connectivity index (χ0v) is 11.7. The van der Waals surface area contributed by atoms with E-state index in [0.29, 0.717) is 16.7 Å². The summed E-state index contributed by atoms with van der Waals surface area (Å²) in [6.45, 7) is 1.86. The van der Waals surface area contributed by atoms with Gasteiger partial charge in [-0.2, -0.15) is 8.42 Å². The third-order valence-electron chi connectivity index (χ3n) is 3.00. The lowest BCUT2D eigenvalue weighted by Gasteiger charge is -2.03. The number of rotatable bonds is 2. The van der Waals surface area contributed by atoms with Crippen molar-refractivity contribution in [3.05, 3.63) is 42.0 Å². The molecule has 0 saturated carbocycles. The molecule has 0 amide bonds. The molecule has 21 heavy (non-hydrogen) atoms. The molecule has 3 rings (SSSR count). The highest BCUT2D eigenvalue weighted by Crippen LogP contribution is 2.23. The zero-order valence-electron chi connectivity index (χ0n) is 10.9. The Balaban J connectivity index is 2.20. The average Bonchev–Trinajstić information content (AvgIpc) is 2.83. The average molecular weight is 305 g/mol. The maximum Gasteiger partial charge on any atom is 0.294 e. The Labute approximate surface area is 120 Å². The van der Waals surface area contributed by atoms with Crippen LogP contribution in [-0.2, 0) is 10.1 Å². The minimum atomic E-state index is -4.29. The van der Waals surface area contributed by atoms with Crippen LogP contribution in [0.15, 0.2) is 41.3 Å². The van der Waals surface area contributed by atoms with Gasteiger partial charge in [-0.25, -0.2) is 0 Å². The molecule has 8 heteroatoms. The number of benzene rings is 2. The van der Waals surface area contributed by atoms with Crippen molar-refractivity contribution in [1.29, 1.82) is 0 Å². The Morgan fingerprint density at radius 2 is 1.76 bits per heavy atom. The summed E-state index contributed by atoms with van der Waals surface area (Å²) in [7, 11) is -4.29. The minimum absolute atomic E-state index is 0.0101. The van der Waals surface area contributed by atoms with E-state index < -0.39 is 10.1 Å². The minimum Gasteiger partial charge on any atom is -0.506 e. The maximum atomic E-state index is 11.1. The van der Waals surface area contributed by atoms with Crippen molar-refractivity contribution in [2.45, 2.75) is 11.8 Å². The van der Waals surface area contributed by atoms with Crippen LogP contribution in [0.4, 0.5) is 0 Å². The van der Waals surface area contributed by atoms with Crippen molar-refractivity contribution in [2.24, 2.45) is 0 Å². The molecule has 2 N–H and O–H groups in total. The van der Waals surface area contributed by atoms with E-state index in [1.165, 1.54) is 29.1 Å². The monoisotopic (exact) mass is 305 g/mol. The quantitative estimate of drug-likeness (QED) is 0.698. The van der Waals surface area contributed by atoms with E-state index in [4.69, 9.17) is 4.55 Å². The van der Waals surface area contributed by atoms with Crippen LogP contribution in [0.2, 0.25) is 0 Å². The van der Waals surface area contributed by atoms with Crippen molar-refractivity contribution >= 4 is 21.2 Å². The molecule has 0 aliphatic rings. The van der Waals surface area contributed by atoms with Crippen molar-refractivity contribution in [3.63, 3.8) is 0 Å². The van der Waals surface area contributed by atoms with Crippen molar-refractivity contribution in [1.82, 2.24) is 15.0 Å². The van der Waals surface area contributed by atoms with Gasteiger partial charge >= 0.3 is 0 Å². The summed E-state index contributed by atoms with van der Waals surface area (Å²) in [6, 6.07) is 8.89. The molecule has 0 radical (unpaired) electrons. The Bertz CT molecular complexity index is 947. The molecule has 3 aromatic rings. The lowest BCUT2D eigenvalue weighted by Crippen LogP contribution is -1.99. The van der Waals surface area contributed by atoms with E-state index >= 15 is 0 Å². The maximum absolute atomic E-state index is 11.1. The van der Waals surface area contributed by atoms with E-state index in [-0.39, 0.29) is 10.6 Å². The topological polar surface area (TPSA) is 105 Å². The summed E-state index contributed by atoms with van der Waals surface area (Å²) >= 11 is 0. The van der Waals surface area contributed by atoms with Gasteiger partial charge < -0.3 is 5.11 Å². The molecule has 0 aliphatic heterocycles. The van der Waals surface area contributed by atoms with Gasteiger partial charge in [0.05, 0.1) is 4.90 Å². The van der Waals surface area contributed by atoms with Crippen LogP contribution >= 0.6 is 0 Å². The van der Waals surface area contributed by atoms with Gasteiger partial charge in [0, 0.05) is 0 Å². The first kappa shape index (κ1) is 13.5. The Morgan fingerprint density at radius 3 is 2.48 bits per heavy atom. The fraction of sp³-hybridized carbons (Fsp3) is 0.0769. The van der Waals surface area contributed by atoms with Crippen LogP contribution in [0.25, 0.3) is 16.7 Å². The number of aromatic nitrogens is 3.